The maximum atomic E-state index is 8.56. The zero-order chi connectivity index (χ0) is 3.91. The van der Waals surface area contributed by atoms with Crippen molar-refractivity contribution in [2.45, 2.75) is 11.2 Å². The molecule has 0 bridgehead atoms. The molecule has 0 aromatic carbocycles. The summed E-state index contributed by atoms with van der Waals surface area (Å²) >= 11 is 0. The predicted molar refractivity (Wildman–Crippen MR) is 25.8 cm³/mol. The molecule has 0 amide bonds. The molecule has 0 spiro atoms. The predicted octanol–water partition coefficient (Wildman–Crippen LogP) is 1.05. The van der Waals surface area contributed by atoms with E-state index in [0.29, 0.717) is 0 Å². The van der Waals surface area contributed by atoms with Gasteiger partial charge in [0.15, 0.2) is 4.27 Å². The van der Waals surface area contributed by atoms with Crippen molar-refractivity contribution in [1.29, 1.82) is 0 Å². The van der Waals surface area contributed by atoms with Crippen molar-refractivity contribution in [1.82, 2.24) is 0 Å². The lowest BCUT2D eigenvalue weighted by molar-refractivity contribution is 0.263. The van der Waals surface area contributed by atoms with E-state index >= 15 is 0 Å². The van der Waals surface area contributed by atoms with Crippen molar-refractivity contribution >= 4 is 21.6 Å². The zero-order valence-corrected chi connectivity index (χ0v) is 4.40. The number of hydrogen-bond donors (Lipinski definition) is 1. The van der Waals surface area contributed by atoms with Crippen LogP contribution in [0.4, 0.5) is 0 Å². The third-order valence-electron chi connectivity index (χ3n) is 0.325. The molecule has 0 atom stereocenters. The molecule has 0 radical (unpaired) electrons. The minimum atomic E-state index is -0.417. The van der Waals surface area contributed by atoms with Crippen molar-refractivity contribution in [2.75, 3.05) is 0 Å². The summed E-state index contributed by atoms with van der Waals surface area (Å²) in [5, 5.41) is 8.56. The standard InChI is InChI=1S/C2H4OS2/c1-2(3)4-5-2/h3H,1H3. The lowest BCUT2D eigenvalue weighted by atomic mass is 10.9. The molecule has 1 fully saturated rings. The normalized spacial score (nSPS) is 30.0. The van der Waals surface area contributed by atoms with Crippen LogP contribution in [0.1, 0.15) is 6.92 Å². The quantitative estimate of drug-likeness (QED) is 0.370. The molecule has 3 heteroatoms. The molecule has 5 heavy (non-hydrogen) atoms. The summed E-state index contributed by atoms with van der Waals surface area (Å²) in [7, 11) is 3.00. The van der Waals surface area contributed by atoms with Crippen LogP contribution in [0.5, 0.6) is 0 Å². The minimum Gasteiger partial charge on any atom is -0.369 e. The SMILES string of the molecule is CC1(O)SS1. The molecule has 0 unspecified atom stereocenters. The molecule has 0 aromatic rings. The van der Waals surface area contributed by atoms with E-state index in [0.717, 1.165) is 0 Å². The fourth-order valence-corrected chi connectivity index (χ4v) is 0.543. The second kappa shape index (κ2) is 0.832. The highest BCUT2D eigenvalue weighted by Gasteiger charge is 2.37. The Kier molecular flexibility index (Phi) is 0.639. The summed E-state index contributed by atoms with van der Waals surface area (Å²) in [4.78, 5) is 0. The molecular formula is C2H4OS2. The highest BCUT2D eigenvalue weighted by atomic mass is 33.2. The Hall–Kier alpha value is 0.660. The minimum absolute atomic E-state index is 0.417. The second-order valence-corrected chi connectivity index (χ2v) is 4.25. The molecule has 1 saturated heterocycles. The van der Waals surface area contributed by atoms with E-state index in [1.807, 2.05) is 0 Å². The lowest BCUT2D eigenvalue weighted by Crippen LogP contribution is -1.89. The van der Waals surface area contributed by atoms with Crippen LogP contribution in [0.25, 0.3) is 0 Å². The van der Waals surface area contributed by atoms with Gasteiger partial charge in [-0.3, -0.25) is 0 Å². The molecule has 0 aromatic heterocycles. The number of hydrogen-bond acceptors (Lipinski definition) is 3. The molecule has 1 N–H and O–H groups in total. The van der Waals surface area contributed by atoms with Crippen LogP contribution in [0.3, 0.4) is 0 Å². The Morgan fingerprint density at radius 1 is 1.60 bits per heavy atom. The summed E-state index contributed by atoms with van der Waals surface area (Å²) in [6, 6.07) is 0. The first-order chi connectivity index (χ1) is 2.21. The van der Waals surface area contributed by atoms with Gasteiger partial charge in [-0.1, -0.05) is 0 Å². The Balaban J connectivity index is 2.38. The largest absolute Gasteiger partial charge is 0.369 e. The Bertz CT molecular complexity index is 45.6. The van der Waals surface area contributed by atoms with Crippen LogP contribution >= 0.6 is 21.6 Å². The third kappa shape index (κ3) is 1.03. The maximum Gasteiger partial charge on any atom is 0.174 e. The summed E-state index contributed by atoms with van der Waals surface area (Å²) < 4.78 is -0.417. The van der Waals surface area contributed by atoms with Gasteiger partial charge in [0.05, 0.1) is 0 Å². The van der Waals surface area contributed by atoms with Crippen molar-refractivity contribution in [2.24, 2.45) is 0 Å². The van der Waals surface area contributed by atoms with Gasteiger partial charge in [0.2, 0.25) is 0 Å². The van der Waals surface area contributed by atoms with E-state index in [1.165, 1.54) is 21.6 Å². The van der Waals surface area contributed by atoms with Gasteiger partial charge in [-0.25, -0.2) is 0 Å². The van der Waals surface area contributed by atoms with Gasteiger partial charge in [0, 0.05) is 0 Å². The molecule has 1 rings (SSSR count). The number of aliphatic hydroxyl groups is 1. The first kappa shape index (κ1) is 3.84. The van der Waals surface area contributed by atoms with Crippen molar-refractivity contribution in [3.8, 4) is 0 Å². The van der Waals surface area contributed by atoms with Crippen LogP contribution in [-0.4, -0.2) is 9.37 Å². The molecule has 1 heterocycles. The van der Waals surface area contributed by atoms with Crippen molar-refractivity contribution in [3.63, 3.8) is 0 Å². The van der Waals surface area contributed by atoms with E-state index < -0.39 is 4.27 Å². The highest BCUT2D eigenvalue weighted by Crippen LogP contribution is 2.62. The van der Waals surface area contributed by atoms with Gasteiger partial charge >= 0.3 is 0 Å². The molecule has 0 saturated carbocycles. The Morgan fingerprint density at radius 2 is 1.80 bits per heavy atom. The zero-order valence-electron chi connectivity index (χ0n) is 2.76. The van der Waals surface area contributed by atoms with Crippen LogP contribution in [0.2, 0.25) is 0 Å². The molecule has 30 valence electrons. The molecular weight excluding hydrogens is 104 g/mol. The topological polar surface area (TPSA) is 20.2 Å². The fourth-order valence-electron chi connectivity index (χ4n) is 0.0603. The van der Waals surface area contributed by atoms with Gasteiger partial charge in [-0.15, -0.1) is 0 Å². The second-order valence-electron chi connectivity index (χ2n) is 1.06. The van der Waals surface area contributed by atoms with Crippen LogP contribution in [0, 0.1) is 0 Å². The van der Waals surface area contributed by atoms with Crippen LogP contribution in [0.15, 0.2) is 0 Å². The average Bonchev–Trinajstić information content (AvgIpc) is 1.76. The van der Waals surface area contributed by atoms with Crippen molar-refractivity contribution < 1.29 is 5.11 Å². The van der Waals surface area contributed by atoms with Crippen LogP contribution in [-0.2, 0) is 0 Å². The Morgan fingerprint density at radius 3 is 1.80 bits per heavy atom. The van der Waals surface area contributed by atoms with Crippen LogP contribution < -0.4 is 0 Å². The average molecular weight is 108 g/mol. The lowest BCUT2D eigenvalue weighted by Gasteiger charge is -1.80. The van der Waals surface area contributed by atoms with Gasteiger partial charge in [0.25, 0.3) is 0 Å². The van der Waals surface area contributed by atoms with E-state index in [2.05, 4.69) is 0 Å². The van der Waals surface area contributed by atoms with Gasteiger partial charge < -0.3 is 5.11 Å². The van der Waals surface area contributed by atoms with Crippen molar-refractivity contribution in [3.05, 3.63) is 0 Å². The van der Waals surface area contributed by atoms with E-state index in [1.54, 1.807) is 6.92 Å². The highest BCUT2D eigenvalue weighted by molar-refractivity contribution is 8.93. The van der Waals surface area contributed by atoms with Gasteiger partial charge in [-0.2, -0.15) is 0 Å². The third-order valence-corrected chi connectivity index (χ3v) is 2.92. The maximum absolute atomic E-state index is 8.56. The summed E-state index contributed by atoms with van der Waals surface area (Å²) in [5.74, 6) is 0. The van der Waals surface area contributed by atoms with E-state index in [-0.39, 0.29) is 0 Å². The first-order valence-corrected chi connectivity index (χ1v) is 3.45. The van der Waals surface area contributed by atoms with E-state index in [4.69, 9.17) is 5.11 Å². The van der Waals surface area contributed by atoms with Gasteiger partial charge in [0.1, 0.15) is 0 Å². The molecule has 0 aliphatic carbocycles. The first-order valence-electron chi connectivity index (χ1n) is 1.30. The van der Waals surface area contributed by atoms with E-state index in [9.17, 15) is 0 Å². The molecule has 1 aliphatic heterocycles. The monoisotopic (exact) mass is 108 g/mol. The summed E-state index contributed by atoms with van der Waals surface area (Å²) in [6.07, 6.45) is 0. The smallest absolute Gasteiger partial charge is 0.174 e. The Labute approximate surface area is 38.5 Å². The molecule has 1 aliphatic rings. The summed E-state index contributed by atoms with van der Waals surface area (Å²) in [6.45, 7) is 1.78. The summed E-state index contributed by atoms with van der Waals surface area (Å²) in [5.41, 5.74) is 0. The fraction of sp³-hybridized carbons (Fsp3) is 1.00. The van der Waals surface area contributed by atoms with Gasteiger partial charge in [-0.05, 0) is 28.5 Å². The molecule has 1 nitrogen and oxygen atoms in total. The number of rotatable bonds is 0.